The van der Waals surface area contributed by atoms with Crippen LogP contribution >= 0.6 is 0 Å². The summed E-state index contributed by atoms with van der Waals surface area (Å²) >= 11 is 0. The van der Waals surface area contributed by atoms with Crippen molar-refractivity contribution in [2.75, 3.05) is 19.6 Å². The van der Waals surface area contributed by atoms with Crippen LogP contribution in [0.5, 0.6) is 0 Å². The van der Waals surface area contributed by atoms with Crippen LogP contribution in [0.3, 0.4) is 0 Å². The molecule has 1 amide bonds. The molecule has 0 saturated carbocycles. The molecule has 3 N–H and O–H groups in total. The Balaban J connectivity index is 1.64. The number of rotatable bonds is 7. The fourth-order valence-electron chi connectivity index (χ4n) is 3.54. The highest BCUT2D eigenvalue weighted by molar-refractivity contribution is 7.89. The maximum Gasteiger partial charge on any atom is 0.251 e. The molecule has 0 radical (unpaired) electrons. The van der Waals surface area contributed by atoms with Crippen LogP contribution in [-0.4, -0.2) is 58.9 Å². The topological polar surface area (TPSA) is 136 Å². The number of nitrogens with two attached hydrogens (primary N) is 1. The van der Waals surface area contributed by atoms with E-state index in [1.807, 2.05) is 13.8 Å². The Hall–Kier alpha value is -2.31. The number of carbonyl (C=O) groups excluding carboxylic acids is 1. The summed E-state index contributed by atoms with van der Waals surface area (Å²) in [6.45, 7) is 4.46. The third-order valence-corrected chi connectivity index (χ3v) is 7.83. The van der Waals surface area contributed by atoms with Crippen molar-refractivity contribution in [1.29, 1.82) is 0 Å². The molecule has 11 heteroatoms. The molecule has 0 spiro atoms. The van der Waals surface area contributed by atoms with Crippen LogP contribution in [0.4, 0.5) is 0 Å². The number of sulfonamides is 2. The highest BCUT2D eigenvalue weighted by Gasteiger charge is 2.32. The van der Waals surface area contributed by atoms with Crippen molar-refractivity contribution in [3.8, 4) is 0 Å². The quantitative estimate of drug-likeness (QED) is 0.608. The Morgan fingerprint density at radius 1 is 1.03 bits per heavy atom. The minimum Gasteiger partial charge on any atom is -0.373 e. The molecule has 0 unspecified atom stereocenters. The molecule has 1 aliphatic rings. The number of hydrogen-bond donors (Lipinski definition) is 2. The van der Waals surface area contributed by atoms with Crippen LogP contribution in [-0.2, 0) is 31.2 Å². The molecule has 1 heterocycles. The predicted molar refractivity (Wildman–Crippen MR) is 119 cm³/mol. The lowest BCUT2D eigenvalue weighted by molar-refractivity contribution is -0.0440. The number of amides is 1. The molecule has 32 heavy (non-hydrogen) atoms. The van der Waals surface area contributed by atoms with Gasteiger partial charge < -0.3 is 10.1 Å². The van der Waals surface area contributed by atoms with E-state index >= 15 is 0 Å². The molecular formula is C21H27N3O6S2. The van der Waals surface area contributed by atoms with Crippen molar-refractivity contribution >= 4 is 26.0 Å². The van der Waals surface area contributed by atoms with Gasteiger partial charge in [0.05, 0.1) is 22.0 Å². The molecule has 2 aromatic carbocycles. The molecule has 174 valence electrons. The summed E-state index contributed by atoms with van der Waals surface area (Å²) in [6.07, 6.45) is 0.0520. The second kappa shape index (κ2) is 9.67. The van der Waals surface area contributed by atoms with Crippen molar-refractivity contribution in [3.63, 3.8) is 0 Å². The summed E-state index contributed by atoms with van der Waals surface area (Å²) in [5.74, 6) is -0.396. The lowest BCUT2D eigenvalue weighted by Gasteiger charge is -2.34. The Morgan fingerprint density at radius 3 is 2.25 bits per heavy atom. The van der Waals surface area contributed by atoms with E-state index < -0.39 is 26.0 Å². The maximum atomic E-state index is 13.0. The standard InChI is InChI=1S/C21H27N3O6S2/c1-15-13-24(14-16(2)30-15)32(28,29)20-5-3-4-18(12-20)21(25)23-11-10-17-6-8-19(9-7-17)31(22,26)27/h3-9,12,15-16H,10-11,13-14H2,1-2H3,(H,23,25)(H2,22,26,27)/t15-,16-/m1/s1. The number of carbonyl (C=O) groups is 1. The summed E-state index contributed by atoms with van der Waals surface area (Å²) in [6, 6.07) is 12.0. The lowest BCUT2D eigenvalue weighted by atomic mass is 10.1. The highest BCUT2D eigenvalue weighted by Crippen LogP contribution is 2.22. The number of benzene rings is 2. The van der Waals surface area contributed by atoms with E-state index in [0.29, 0.717) is 13.0 Å². The van der Waals surface area contributed by atoms with Crippen molar-refractivity contribution in [2.45, 2.75) is 42.3 Å². The van der Waals surface area contributed by atoms with Gasteiger partial charge in [-0.05, 0) is 56.2 Å². The lowest BCUT2D eigenvalue weighted by Crippen LogP contribution is -2.48. The number of ether oxygens (including phenoxy) is 1. The normalized spacial score (nSPS) is 20.1. The second-order valence-corrected chi connectivity index (χ2v) is 11.3. The molecular weight excluding hydrogens is 454 g/mol. The third kappa shape index (κ3) is 5.93. The Morgan fingerprint density at radius 2 is 1.66 bits per heavy atom. The van der Waals surface area contributed by atoms with E-state index in [9.17, 15) is 21.6 Å². The number of morpholine rings is 1. The molecule has 1 aliphatic heterocycles. The van der Waals surface area contributed by atoms with Gasteiger partial charge in [0.2, 0.25) is 20.0 Å². The van der Waals surface area contributed by atoms with Crippen LogP contribution in [0, 0.1) is 0 Å². The molecule has 2 aromatic rings. The van der Waals surface area contributed by atoms with E-state index in [-0.39, 0.29) is 40.7 Å². The molecule has 3 rings (SSSR count). The van der Waals surface area contributed by atoms with Crippen LogP contribution in [0.15, 0.2) is 58.3 Å². The van der Waals surface area contributed by atoms with Crippen molar-refractivity contribution in [3.05, 3.63) is 59.7 Å². The molecule has 2 atom stereocenters. The largest absolute Gasteiger partial charge is 0.373 e. The summed E-state index contributed by atoms with van der Waals surface area (Å²) in [7, 11) is -7.50. The molecule has 9 nitrogen and oxygen atoms in total. The van der Waals surface area contributed by atoms with E-state index in [1.165, 1.54) is 28.6 Å². The maximum absolute atomic E-state index is 13.0. The first-order chi connectivity index (χ1) is 15.0. The fraction of sp³-hybridized carbons (Fsp3) is 0.381. The van der Waals surface area contributed by atoms with Crippen LogP contribution in [0.1, 0.15) is 29.8 Å². The Kier molecular flexibility index (Phi) is 7.36. The highest BCUT2D eigenvalue weighted by atomic mass is 32.2. The number of primary sulfonamides is 1. The van der Waals surface area contributed by atoms with E-state index in [1.54, 1.807) is 24.3 Å². The van der Waals surface area contributed by atoms with Gasteiger partial charge in [0.25, 0.3) is 5.91 Å². The zero-order valence-corrected chi connectivity index (χ0v) is 19.5. The first-order valence-electron chi connectivity index (χ1n) is 10.1. The van der Waals surface area contributed by atoms with Crippen molar-refractivity contribution in [2.24, 2.45) is 5.14 Å². The van der Waals surface area contributed by atoms with E-state index in [2.05, 4.69) is 5.32 Å². The second-order valence-electron chi connectivity index (χ2n) is 7.80. The van der Waals surface area contributed by atoms with E-state index in [4.69, 9.17) is 9.88 Å². The minimum absolute atomic E-state index is 0.0207. The number of nitrogens with zero attached hydrogens (tertiary/aromatic N) is 1. The van der Waals surface area contributed by atoms with Gasteiger partial charge in [-0.25, -0.2) is 22.0 Å². The smallest absolute Gasteiger partial charge is 0.251 e. The molecule has 1 fully saturated rings. The molecule has 0 aliphatic carbocycles. The fourth-order valence-corrected chi connectivity index (χ4v) is 5.69. The molecule has 0 bridgehead atoms. The van der Waals surface area contributed by atoms with Gasteiger partial charge in [-0.2, -0.15) is 4.31 Å². The summed E-state index contributed by atoms with van der Waals surface area (Å²) < 4.78 is 55.7. The minimum atomic E-state index is -3.75. The van der Waals surface area contributed by atoms with Gasteiger partial charge in [0.1, 0.15) is 0 Å². The average molecular weight is 482 g/mol. The van der Waals surface area contributed by atoms with Crippen molar-refractivity contribution < 1.29 is 26.4 Å². The molecule has 0 aromatic heterocycles. The number of nitrogens with one attached hydrogen (secondary N) is 1. The summed E-state index contributed by atoms with van der Waals surface area (Å²) in [5.41, 5.74) is 1.06. The summed E-state index contributed by atoms with van der Waals surface area (Å²) in [4.78, 5) is 12.6. The Labute approximate surface area is 188 Å². The van der Waals surface area contributed by atoms with Gasteiger partial charge in [-0.3, -0.25) is 4.79 Å². The molecule has 1 saturated heterocycles. The Bertz CT molecular complexity index is 1170. The van der Waals surface area contributed by atoms with Gasteiger partial charge in [0, 0.05) is 25.2 Å². The number of hydrogen-bond acceptors (Lipinski definition) is 6. The zero-order chi connectivity index (χ0) is 23.5. The summed E-state index contributed by atoms with van der Waals surface area (Å²) in [5, 5.41) is 7.83. The monoisotopic (exact) mass is 481 g/mol. The predicted octanol–water partition coefficient (Wildman–Crippen LogP) is 1.10. The van der Waals surface area contributed by atoms with Crippen LogP contribution in [0.25, 0.3) is 0 Å². The van der Waals surface area contributed by atoms with Crippen LogP contribution in [0.2, 0.25) is 0 Å². The zero-order valence-electron chi connectivity index (χ0n) is 17.9. The van der Waals surface area contributed by atoms with E-state index in [0.717, 1.165) is 5.56 Å². The first kappa shape index (κ1) is 24.3. The third-order valence-electron chi connectivity index (χ3n) is 5.07. The van der Waals surface area contributed by atoms with Gasteiger partial charge >= 0.3 is 0 Å². The SMILES string of the molecule is C[C@@H]1CN(S(=O)(=O)c2cccc(C(=O)NCCc3ccc(S(N)(=O)=O)cc3)c2)C[C@@H](C)O1. The average Bonchev–Trinajstić information content (AvgIpc) is 2.73. The van der Waals surface area contributed by atoms with Gasteiger partial charge in [-0.1, -0.05) is 18.2 Å². The van der Waals surface area contributed by atoms with Gasteiger partial charge in [0.15, 0.2) is 0 Å². The van der Waals surface area contributed by atoms with Gasteiger partial charge in [-0.15, -0.1) is 0 Å². The van der Waals surface area contributed by atoms with Crippen LogP contribution < -0.4 is 10.5 Å². The first-order valence-corrected chi connectivity index (χ1v) is 13.1. The van der Waals surface area contributed by atoms with Crippen molar-refractivity contribution in [1.82, 2.24) is 9.62 Å².